The van der Waals surface area contributed by atoms with Gasteiger partial charge >= 0.3 is 0 Å². The van der Waals surface area contributed by atoms with Gasteiger partial charge in [-0.25, -0.2) is 0 Å². The van der Waals surface area contributed by atoms with Crippen LogP contribution in [0.3, 0.4) is 0 Å². The minimum Gasteiger partial charge on any atom is -0.0843 e. The molecule has 8 rings (SSSR count). The molecule has 8 heteroatoms. The summed E-state index contributed by atoms with van der Waals surface area (Å²) in [5.41, 5.74) is 12.5. The maximum absolute atomic E-state index is 6.72. The van der Waals surface area contributed by atoms with E-state index < -0.39 is 0 Å². The fourth-order valence-electron chi connectivity index (χ4n) is 7.47. The molecule has 0 saturated heterocycles. The molecule has 0 radical (unpaired) electrons. The summed E-state index contributed by atoms with van der Waals surface area (Å²) >= 11 is 52.9. The molecule has 0 aliphatic carbocycles. The van der Waals surface area contributed by atoms with Crippen molar-refractivity contribution < 1.29 is 0 Å². The summed E-state index contributed by atoms with van der Waals surface area (Å²) in [5, 5.41) is 4.84. The van der Waals surface area contributed by atoms with Crippen LogP contribution in [-0.4, -0.2) is 0 Å². The van der Waals surface area contributed by atoms with E-state index in [1.54, 1.807) is 0 Å². The van der Waals surface area contributed by atoms with Crippen LogP contribution in [0.2, 0.25) is 40.2 Å². The van der Waals surface area contributed by atoms with Crippen LogP contribution in [0.15, 0.2) is 194 Å². The smallest absolute Gasteiger partial charge is 0.0406 e. The number of allylic oxidation sites excluding steroid dienone is 6. The lowest BCUT2D eigenvalue weighted by Gasteiger charge is -2.27. The average Bonchev–Trinajstić information content (AvgIpc) is 3.30. The molecule has 0 N–H and O–H groups in total. The van der Waals surface area contributed by atoms with Crippen molar-refractivity contribution in [2.24, 2.45) is 0 Å². The van der Waals surface area contributed by atoms with Crippen LogP contribution < -0.4 is 0 Å². The topological polar surface area (TPSA) is 0 Å². The van der Waals surface area contributed by atoms with Gasteiger partial charge in [0.1, 0.15) is 0 Å². The Hall–Kier alpha value is -4.96. The van der Waals surface area contributed by atoms with Crippen LogP contribution in [0.25, 0.3) is 45.6 Å². The zero-order valence-corrected chi connectivity index (χ0v) is 39.7. The predicted molar refractivity (Wildman–Crippen MR) is 281 cm³/mol. The van der Waals surface area contributed by atoms with E-state index in [0.29, 0.717) is 40.2 Å². The van der Waals surface area contributed by atoms with Crippen molar-refractivity contribution in [3.63, 3.8) is 0 Å². The molecule has 0 aliphatic rings. The minimum atomic E-state index is 0.588. The summed E-state index contributed by atoms with van der Waals surface area (Å²) in [4.78, 5) is 0. The summed E-state index contributed by atoms with van der Waals surface area (Å²) < 4.78 is 0. The fourth-order valence-corrected chi connectivity index (χ4v) is 8.48. The van der Waals surface area contributed by atoms with Gasteiger partial charge in [-0.05, 0) is 187 Å². The van der Waals surface area contributed by atoms with Crippen LogP contribution in [0.5, 0.6) is 0 Å². The van der Waals surface area contributed by atoms with Gasteiger partial charge in [-0.3, -0.25) is 0 Å². The molecule has 8 aromatic rings. The zero-order valence-electron chi connectivity index (χ0n) is 33.7. The van der Waals surface area contributed by atoms with Gasteiger partial charge in [-0.1, -0.05) is 190 Å². The maximum atomic E-state index is 6.72. The zero-order chi connectivity index (χ0) is 44.7. The molecular weight excluding hydrogens is 956 g/mol. The van der Waals surface area contributed by atoms with Crippen molar-refractivity contribution >= 4 is 138 Å². The lowest BCUT2D eigenvalue weighted by atomic mass is 9.76. The van der Waals surface area contributed by atoms with Crippen molar-refractivity contribution in [2.45, 2.75) is 0 Å². The van der Waals surface area contributed by atoms with Gasteiger partial charge in [0.05, 0.1) is 0 Å². The van der Waals surface area contributed by atoms with Crippen molar-refractivity contribution in [1.82, 2.24) is 0 Å². The Morgan fingerprint density at radius 3 is 0.594 bits per heavy atom. The molecule has 0 unspecified atom stereocenters. The van der Waals surface area contributed by atoms with Gasteiger partial charge in [-0.15, -0.1) is 0 Å². The summed E-state index contributed by atoms with van der Waals surface area (Å²) in [6.07, 6.45) is 4.34. The van der Waals surface area contributed by atoms with Crippen molar-refractivity contribution in [3.8, 4) is 0 Å². The molecule has 0 nitrogen and oxygen atoms in total. The van der Waals surface area contributed by atoms with Gasteiger partial charge in [0, 0.05) is 40.2 Å². The molecule has 314 valence electrons. The number of halogens is 8. The van der Waals surface area contributed by atoms with Crippen LogP contribution in [-0.2, 0) is 0 Å². The quantitative estimate of drug-likeness (QED) is 0.0895. The van der Waals surface area contributed by atoms with E-state index >= 15 is 0 Å². The highest BCUT2D eigenvalue weighted by Crippen LogP contribution is 2.51. The van der Waals surface area contributed by atoms with Gasteiger partial charge in [0.15, 0.2) is 0 Å². The molecule has 0 atom stereocenters. The summed E-state index contributed by atoms with van der Waals surface area (Å²) in [5.74, 6) is 0. The number of benzene rings is 8. The van der Waals surface area contributed by atoms with E-state index in [0.717, 1.165) is 77.9 Å². The van der Waals surface area contributed by atoms with E-state index in [2.05, 4.69) is 36.4 Å². The first-order valence-corrected chi connectivity index (χ1v) is 23.0. The Bertz CT molecular complexity index is 2800. The number of hydrogen-bond acceptors (Lipinski definition) is 0. The molecule has 0 amide bonds. The molecule has 0 aliphatic heterocycles. The van der Waals surface area contributed by atoms with E-state index in [1.165, 1.54) is 0 Å². The van der Waals surface area contributed by atoms with Gasteiger partial charge in [0.25, 0.3) is 0 Å². The maximum Gasteiger partial charge on any atom is 0.0406 e. The Morgan fingerprint density at radius 1 is 0.203 bits per heavy atom. The second kappa shape index (κ2) is 20.9. The Labute approximate surface area is 413 Å². The Balaban J connectivity index is 1.67. The lowest BCUT2D eigenvalue weighted by molar-refractivity contribution is 1.54. The highest BCUT2D eigenvalue weighted by Gasteiger charge is 2.27. The summed E-state index contributed by atoms with van der Waals surface area (Å²) in [6.45, 7) is 0. The second-order valence-electron chi connectivity index (χ2n) is 14.8. The predicted octanol–water partition coefficient (Wildman–Crippen LogP) is 19.9. The van der Waals surface area contributed by atoms with E-state index in [4.69, 9.17) is 92.8 Å². The molecule has 0 bridgehead atoms. The SMILES string of the molecule is Clc1ccc(/C=C(/C(=C(/C(=C(/C(=C/c2ccc(Cl)cc2)c2ccc(Cl)cc2)c2ccc(Cl)cc2)c2ccc(Cl)cc2)c2ccc(Cl)cc2)c2ccc(Cl)cc2)c2ccc(Cl)cc2)cc1. The average molecular weight is 991 g/mol. The third kappa shape index (κ3) is 11.1. The third-order valence-electron chi connectivity index (χ3n) is 10.5. The van der Waals surface area contributed by atoms with Crippen LogP contribution in [0.1, 0.15) is 44.5 Å². The first-order chi connectivity index (χ1) is 31.0. The fraction of sp³-hybridized carbons (Fsp3) is 0. The van der Waals surface area contributed by atoms with Crippen molar-refractivity contribution in [2.75, 3.05) is 0 Å². The highest BCUT2D eigenvalue weighted by molar-refractivity contribution is 6.38. The molecular formula is C56H34Cl8. The summed E-state index contributed by atoms with van der Waals surface area (Å²) in [7, 11) is 0. The molecule has 0 heterocycles. The summed E-state index contributed by atoms with van der Waals surface area (Å²) in [6, 6.07) is 62.9. The van der Waals surface area contributed by atoms with Crippen LogP contribution in [0.4, 0.5) is 0 Å². The molecule has 64 heavy (non-hydrogen) atoms. The van der Waals surface area contributed by atoms with Gasteiger partial charge < -0.3 is 0 Å². The highest BCUT2D eigenvalue weighted by atomic mass is 35.5. The van der Waals surface area contributed by atoms with E-state index in [9.17, 15) is 0 Å². The molecule has 0 saturated carbocycles. The van der Waals surface area contributed by atoms with Crippen LogP contribution in [0, 0.1) is 0 Å². The molecule has 0 spiro atoms. The first kappa shape index (κ1) is 45.6. The van der Waals surface area contributed by atoms with E-state index in [-0.39, 0.29) is 0 Å². The van der Waals surface area contributed by atoms with Gasteiger partial charge in [-0.2, -0.15) is 0 Å². The van der Waals surface area contributed by atoms with Crippen LogP contribution >= 0.6 is 92.8 Å². The van der Waals surface area contributed by atoms with E-state index in [1.807, 2.05) is 170 Å². The molecule has 0 aromatic heterocycles. The molecule has 8 aromatic carbocycles. The minimum absolute atomic E-state index is 0.588. The second-order valence-corrected chi connectivity index (χ2v) is 18.3. The largest absolute Gasteiger partial charge is 0.0843 e. The Morgan fingerprint density at radius 2 is 0.375 bits per heavy atom. The van der Waals surface area contributed by atoms with Gasteiger partial charge in [0.2, 0.25) is 0 Å². The standard InChI is InChI=1S/C56H34Cl8/c57-43-17-1-35(2-18-43)33-51(37-5-21-45(59)22-6-37)53(39-9-25-47(61)26-10-39)55(41-13-29-49(63)30-14-41)56(42-15-31-50(64)32-16-42)54(40-11-27-48(62)28-12-40)52(38-7-23-46(60)24-8-38)34-36-3-19-44(58)20-4-36/h1-34H/b51-33+,52-34+,55-53+,56-54+. The lowest BCUT2D eigenvalue weighted by Crippen LogP contribution is -2.04. The Kier molecular flexibility index (Phi) is 14.9. The monoisotopic (exact) mass is 986 g/mol. The van der Waals surface area contributed by atoms with Crippen molar-refractivity contribution in [3.05, 3.63) is 279 Å². The molecule has 0 fully saturated rings. The third-order valence-corrected chi connectivity index (χ3v) is 12.5. The normalized spacial score (nSPS) is 12.8. The first-order valence-electron chi connectivity index (χ1n) is 20.0. The number of hydrogen-bond donors (Lipinski definition) is 0. The number of rotatable bonds is 11. The van der Waals surface area contributed by atoms with Crippen molar-refractivity contribution in [1.29, 1.82) is 0 Å².